The van der Waals surface area contributed by atoms with Gasteiger partial charge < -0.3 is 40.3 Å². The van der Waals surface area contributed by atoms with Crippen molar-refractivity contribution in [1.82, 2.24) is 5.32 Å². The zero-order chi connectivity index (χ0) is 17.8. The van der Waals surface area contributed by atoms with Crippen LogP contribution in [0, 0.1) is 0 Å². The Balaban J connectivity index is 3.18. The van der Waals surface area contributed by atoms with Gasteiger partial charge in [-0.3, -0.25) is 4.79 Å². The molecule has 1 fully saturated rings. The van der Waals surface area contributed by atoms with Crippen LogP contribution >= 0.6 is 0 Å². The summed E-state index contributed by atoms with van der Waals surface area (Å²) in [6.07, 6.45) is -6.83. The molecule has 1 unspecified atom stereocenters. The highest BCUT2D eigenvalue weighted by atomic mass is 16.7. The highest BCUT2D eigenvalue weighted by Gasteiger charge is 2.54. The van der Waals surface area contributed by atoms with E-state index in [0.29, 0.717) is 0 Å². The quantitative estimate of drug-likeness (QED) is 0.295. The van der Waals surface area contributed by atoms with Gasteiger partial charge in [0.15, 0.2) is 0 Å². The normalized spacial score (nSPS) is 35.3. The second kappa shape index (κ2) is 7.31. The molecular weight excluding hydrogens is 302 g/mol. The van der Waals surface area contributed by atoms with E-state index in [1.54, 1.807) is 0 Å². The molecule has 1 aliphatic heterocycles. The van der Waals surface area contributed by atoms with Crippen LogP contribution < -0.4 is 5.32 Å². The number of hydrogen-bond donors (Lipinski definition) is 6. The number of carbonyl (C=O) groups is 2. The zero-order valence-electron chi connectivity index (χ0n) is 12.9. The number of hydrogen-bond acceptors (Lipinski definition) is 8. The summed E-state index contributed by atoms with van der Waals surface area (Å²) in [4.78, 5) is 22.4. The number of carboxylic acids is 1. The fourth-order valence-corrected chi connectivity index (χ4v) is 2.33. The summed E-state index contributed by atoms with van der Waals surface area (Å²) in [5, 5.41) is 50.3. The van der Waals surface area contributed by atoms with Gasteiger partial charge >= 0.3 is 5.97 Å². The van der Waals surface area contributed by atoms with Gasteiger partial charge in [0.2, 0.25) is 5.91 Å². The number of ether oxygens (including phenoxy) is 2. The van der Waals surface area contributed by atoms with Crippen molar-refractivity contribution in [2.75, 3.05) is 13.7 Å². The van der Waals surface area contributed by atoms with Gasteiger partial charge in [-0.15, -0.1) is 0 Å². The number of carboxylic acid groups (broad SMARTS) is 1. The molecule has 0 bridgehead atoms. The molecule has 1 heterocycles. The summed E-state index contributed by atoms with van der Waals surface area (Å²) in [6.45, 7) is 0.337. The predicted octanol–water partition coefficient (Wildman–Crippen LogP) is -3.22. The minimum atomic E-state index is -2.77. The van der Waals surface area contributed by atoms with Gasteiger partial charge in [-0.1, -0.05) is 0 Å². The molecule has 128 valence electrons. The summed E-state index contributed by atoms with van der Waals surface area (Å²) in [6, 6.07) is -1.22. The van der Waals surface area contributed by atoms with Crippen molar-refractivity contribution in [2.24, 2.45) is 0 Å². The summed E-state index contributed by atoms with van der Waals surface area (Å²) >= 11 is 0. The minimum Gasteiger partial charge on any atom is -0.477 e. The van der Waals surface area contributed by atoms with Crippen molar-refractivity contribution in [3.05, 3.63) is 0 Å². The molecular formula is C12H21NO9. The Kier molecular flexibility index (Phi) is 5.67. The van der Waals surface area contributed by atoms with Crippen LogP contribution in [0.2, 0.25) is 0 Å². The van der Waals surface area contributed by atoms with Crippen LogP contribution in [0.4, 0.5) is 0 Å². The van der Waals surface area contributed by atoms with Crippen molar-refractivity contribution in [3.63, 3.8) is 0 Å². The Morgan fingerprint density at radius 1 is 1.59 bits per heavy atom. The second-order valence-electron chi connectivity index (χ2n) is 5.05. The molecule has 0 aromatic heterocycles. The van der Waals surface area contributed by atoms with Crippen molar-refractivity contribution in [2.45, 2.75) is 49.6 Å². The van der Waals surface area contributed by atoms with Crippen molar-refractivity contribution in [1.29, 1.82) is 0 Å². The number of rotatable bonds is 6. The molecule has 10 nitrogen and oxygen atoms in total. The molecule has 10 heteroatoms. The van der Waals surface area contributed by atoms with E-state index >= 15 is 0 Å². The largest absolute Gasteiger partial charge is 0.477 e. The maximum absolute atomic E-state index is 11.3. The molecule has 0 radical (unpaired) electrons. The van der Waals surface area contributed by atoms with E-state index in [0.717, 1.165) is 6.92 Å². The van der Waals surface area contributed by atoms with Crippen LogP contribution in [0.25, 0.3) is 0 Å². The lowest BCUT2D eigenvalue weighted by molar-refractivity contribution is -0.297. The van der Waals surface area contributed by atoms with Gasteiger partial charge in [0.25, 0.3) is 5.79 Å². The molecule has 0 saturated carbocycles. The first-order valence-corrected chi connectivity index (χ1v) is 6.44. The smallest absolute Gasteiger partial charge is 0.364 e. The van der Waals surface area contributed by atoms with E-state index in [4.69, 9.17) is 21.1 Å². The zero-order valence-corrected chi connectivity index (χ0v) is 11.9. The predicted molar refractivity (Wildman–Crippen MR) is 69.6 cm³/mol. The molecule has 0 aromatic carbocycles. The summed E-state index contributed by atoms with van der Waals surface area (Å²) < 4.78 is 17.1. The van der Waals surface area contributed by atoms with Crippen molar-refractivity contribution in [3.8, 4) is 0 Å². The molecule has 6 N–H and O–H groups in total. The average Bonchev–Trinajstić information content (AvgIpc) is 2.46. The van der Waals surface area contributed by atoms with Gasteiger partial charge in [0.1, 0.15) is 18.3 Å². The van der Waals surface area contributed by atoms with E-state index < -0.39 is 68.2 Å². The van der Waals surface area contributed by atoms with E-state index in [9.17, 15) is 24.9 Å². The number of aliphatic hydroxyl groups excluding tert-OH is 3. The Morgan fingerprint density at radius 2 is 2.23 bits per heavy atom. The first-order chi connectivity index (χ1) is 10.7. The Bertz CT molecular complexity index is 437. The summed E-state index contributed by atoms with van der Waals surface area (Å²) in [5.41, 5.74) is 0. The fourth-order valence-electron chi connectivity index (χ4n) is 2.33. The third-order valence-corrected chi connectivity index (χ3v) is 3.37. The highest BCUT2D eigenvalue weighted by Crippen LogP contribution is 2.31. The monoisotopic (exact) mass is 324 g/mol. The Labute approximate surface area is 127 Å². The van der Waals surface area contributed by atoms with Crippen LogP contribution in [0.3, 0.4) is 0 Å². The summed E-state index contributed by atoms with van der Waals surface area (Å²) in [7, 11) is -0.671. The highest BCUT2D eigenvalue weighted by molar-refractivity contribution is 5.76. The third kappa shape index (κ3) is 3.91. The van der Waals surface area contributed by atoms with E-state index in [1.165, 1.54) is 0 Å². The van der Waals surface area contributed by atoms with Gasteiger partial charge in [-0.05, 0) is 0 Å². The van der Waals surface area contributed by atoms with E-state index in [2.05, 4.69) is 5.32 Å². The Hall–Kier alpha value is -1.30. The van der Waals surface area contributed by atoms with Gasteiger partial charge in [0.05, 0.1) is 20.1 Å². The fraction of sp³-hybridized carbons (Fsp3) is 0.833. The lowest BCUT2D eigenvalue weighted by atomic mass is 9.88. The van der Waals surface area contributed by atoms with E-state index in [1.807, 2.05) is 0 Å². The van der Waals surface area contributed by atoms with Gasteiger partial charge in [-0.2, -0.15) is 0 Å². The molecule has 1 rings (SSSR count). The van der Waals surface area contributed by atoms with Crippen molar-refractivity contribution >= 4 is 11.9 Å². The molecule has 22 heavy (non-hydrogen) atoms. The molecule has 1 aliphatic rings. The van der Waals surface area contributed by atoms with Crippen LogP contribution in [0.15, 0.2) is 0 Å². The van der Waals surface area contributed by atoms with E-state index in [-0.39, 0.29) is 0 Å². The minimum absolute atomic E-state index is 0.577. The summed E-state index contributed by atoms with van der Waals surface area (Å²) in [5.74, 6) is -5.12. The number of aliphatic carboxylic acids is 1. The number of nitrogens with one attached hydrogen (secondary N) is 1. The molecule has 1 amide bonds. The standard InChI is InChI=1S/C12H21NO9/c1-5(15)13-8-6(16)3-12(20,11(18)19)22-10(8)9(21-2)7(17)4-14/h6-10,14,16-17,20H,3-4H2,1-2H3,(H,13,15)(H,18,19)/t6-,7+,8+,9+,10+,12?/m0/s1/i2D. The third-order valence-electron chi connectivity index (χ3n) is 3.37. The maximum atomic E-state index is 11.3. The lowest BCUT2D eigenvalue weighted by Crippen LogP contribution is -2.67. The van der Waals surface area contributed by atoms with Crippen LogP contribution in [0.1, 0.15) is 14.7 Å². The number of amides is 1. The topological polar surface area (TPSA) is 166 Å². The average molecular weight is 324 g/mol. The van der Waals surface area contributed by atoms with Gasteiger partial charge in [0, 0.05) is 20.4 Å². The molecule has 1 saturated heterocycles. The SMILES string of the molecule is [2H]CO[C@@H]([C@@H]1OC(O)(C(=O)O)C[C@H](O)[C@H]1NC(C)=O)[C@H](O)CO. The number of aliphatic hydroxyl groups is 4. The Morgan fingerprint density at radius 3 is 2.68 bits per heavy atom. The number of carbonyl (C=O) groups excluding carboxylic acids is 1. The number of methoxy groups -OCH3 is 1. The van der Waals surface area contributed by atoms with Gasteiger partial charge in [-0.25, -0.2) is 4.79 Å². The second-order valence-corrected chi connectivity index (χ2v) is 5.05. The maximum Gasteiger partial charge on any atom is 0.364 e. The first kappa shape index (κ1) is 17.1. The lowest BCUT2D eigenvalue weighted by Gasteiger charge is -2.45. The van der Waals surface area contributed by atoms with Crippen LogP contribution in [-0.4, -0.2) is 87.3 Å². The molecule has 0 aliphatic carbocycles. The van der Waals surface area contributed by atoms with Crippen LogP contribution in [-0.2, 0) is 19.1 Å². The molecule has 0 aromatic rings. The molecule has 6 atom stereocenters. The first-order valence-electron chi connectivity index (χ1n) is 7.15. The van der Waals surface area contributed by atoms with Crippen LogP contribution in [0.5, 0.6) is 0 Å². The van der Waals surface area contributed by atoms with Crippen molar-refractivity contribution < 1.29 is 46.0 Å². The molecule has 0 spiro atoms.